The van der Waals surface area contributed by atoms with Gasteiger partial charge < -0.3 is 16.4 Å². The summed E-state index contributed by atoms with van der Waals surface area (Å²) in [6, 6.07) is 15.4. The number of carbonyl (C=O) groups is 1. The van der Waals surface area contributed by atoms with Gasteiger partial charge in [-0.05, 0) is 48.7 Å². The Morgan fingerprint density at radius 2 is 1.96 bits per heavy atom. The minimum Gasteiger partial charge on any atom is -0.370 e. The summed E-state index contributed by atoms with van der Waals surface area (Å²) in [7, 11) is 0. The standard InChI is InChI=1S/C19H23BrN4O.HI/c1-2-14-6-3-9-17(12-14)24-19(21)23-11-5-10-22-18(25)15-7-4-8-16(20)13-15;/h3-4,6-9,12-13H,2,5,10-11H2,1H3,(H,22,25)(H3,21,23,24);1H. The lowest BCUT2D eigenvalue weighted by atomic mass is 10.1. The van der Waals surface area contributed by atoms with Gasteiger partial charge in [0, 0.05) is 28.8 Å². The SMILES string of the molecule is CCc1cccc(NC(N)=NCCCNC(=O)c2cccc(Br)c2)c1.I. The highest BCUT2D eigenvalue weighted by Crippen LogP contribution is 2.12. The zero-order valence-corrected chi connectivity index (χ0v) is 18.6. The Kier molecular flexibility index (Phi) is 10.3. The molecule has 0 radical (unpaired) electrons. The largest absolute Gasteiger partial charge is 0.370 e. The second-order valence-corrected chi connectivity index (χ2v) is 6.48. The summed E-state index contributed by atoms with van der Waals surface area (Å²) in [4.78, 5) is 16.3. The molecular weight excluding hydrogens is 507 g/mol. The molecule has 2 aromatic carbocycles. The fraction of sp³-hybridized carbons (Fsp3) is 0.263. The van der Waals surface area contributed by atoms with Gasteiger partial charge >= 0.3 is 0 Å². The quantitative estimate of drug-likeness (QED) is 0.217. The number of aryl methyl sites for hydroxylation is 1. The second kappa shape index (κ2) is 11.9. The molecule has 7 heteroatoms. The molecule has 0 bridgehead atoms. The van der Waals surface area contributed by atoms with Gasteiger partial charge in [-0.1, -0.05) is 41.1 Å². The van der Waals surface area contributed by atoms with Gasteiger partial charge in [0.1, 0.15) is 0 Å². The maximum Gasteiger partial charge on any atom is 0.251 e. The van der Waals surface area contributed by atoms with Crippen molar-refractivity contribution in [1.29, 1.82) is 0 Å². The molecule has 0 unspecified atom stereocenters. The van der Waals surface area contributed by atoms with Crippen molar-refractivity contribution in [2.75, 3.05) is 18.4 Å². The summed E-state index contributed by atoms with van der Waals surface area (Å²) in [6.07, 6.45) is 1.70. The van der Waals surface area contributed by atoms with Crippen LogP contribution in [0.15, 0.2) is 58.0 Å². The Labute approximate surface area is 180 Å². The molecule has 0 aromatic heterocycles. The van der Waals surface area contributed by atoms with Crippen molar-refractivity contribution in [3.63, 3.8) is 0 Å². The van der Waals surface area contributed by atoms with Crippen LogP contribution in [0.4, 0.5) is 5.69 Å². The molecule has 0 saturated heterocycles. The number of nitrogens with one attached hydrogen (secondary N) is 2. The highest BCUT2D eigenvalue weighted by molar-refractivity contribution is 14.0. The van der Waals surface area contributed by atoms with Gasteiger partial charge in [0.2, 0.25) is 0 Å². The smallest absolute Gasteiger partial charge is 0.251 e. The van der Waals surface area contributed by atoms with Gasteiger partial charge in [-0.2, -0.15) is 0 Å². The molecule has 0 aliphatic carbocycles. The maximum absolute atomic E-state index is 12.0. The first kappa shape index (κ1) is 22.4. The highest BCUT2D eigenvalue weighted by Gasteiger charge is 2.04. The monoisotopic (exact) mass is 530 g/mol. The third-order valence-corrected chi connectivity index (χ3v) is 4.09. The molecule has 0 fully saturated rings. The van der Waals surface area contributed by atoms with E-state index < -0.39 is 0 Å². The zero-order valence-electron chi connectivity index (χ0n) is 14.7. The van der Waals surface area contributed by atoms with Crippen molar-refractivity contribution >= 4 is 57.5 Å². The number of nitrogens with zero attached hydrogens (tertiary/aromatic N) is 1. The molecule has 0 heterocycles. The van der Waals surface area contributed by atoms with E-state index in [2.05, 4.69) is 50.6 Å². The number of amides is 1. The number of carbonyl (C=O) groups excluding carboxylic acids is 1. The van der Waals surface area contributed by atoms with E-state index in [4.69, 9.17) is 5.73 Å². The van der Waals surface area contributed by atoms with Gasteiger partial charge in [0.05, 0.1) is 0 Å². The van der Waals surface area contributed by atoms with Crippen LogP contribution in [0.5, 0.6) is 0 Å². The fourth-order valence-electron chi connectivity index (χ4n) is 2.27. The van der Waals surface area contributed by atoms with E-state index in [0.717, 1.165) is 23.0 Å². The van der Waals surface area contributed by atoms with Gasteiger partial charge in [0.15, 0.2) is 5.96 Å². The predicted molar refractivity (Wildman–Crippen MR) is 122 cm³/mol. The maximum atomic E-state index is 12.0. The number of halogens is 2. The summed E-state index contributed by atoms with van der Waals surface area (Å²) < 4.78 is 0.885. The number of rotatable bonds is 7. The number of benzene rings is 2. The van der Waals surface area contributed by atoms with Gasteiger partial charge in [-0.3, -0.25) is 9.79 Å². The average molecular weight is 531 g/mol. The Morgan fingerprint density at radius 1 is 1.19 bits per heavy atom. The molecule has 2 aromatic rings. The van der Waals surface area contributed by atoms with Crippen molar-refractivity contribution in [2.45, 2.75) is 19.8 Å². The van der Waals surface area contributed by atoms with Gasteiger partial charge in [-0.15, -0.1) is 24.0 Å². The Hall–Kier alpha value is -1.61. The van der Waals surface area contributed by atoms with E-state index in [0.29, 0.717) is 24.6 Å². The summed E-state index contributed by atoms with van der Waals surface area (Å²) >= 11 is 3.36. The molecule has 0 saturated carbocycles. The second-order valence-electron chi connectivity index (χ2n) is 5.57. The molecule has 140 valence electrons. The minimum atomic E-state index is -0.0900. The van der Waals surface area contributed by atoms with E-state index in [-0.39, 0.29) is 29.9 Å². The van der Waals surface area contributed by atoms with E-state index in [1.165, 1.54) is 5.56 Å². The predicted octanol–water partition coefficient (Wildman–Crippen LogP) is 4.18. The Morgan fingerprint density at radius 3 is 2.69 bits per heavy atom. The van der Waals surface area contributed by atoms with Crippen LogP contribution in [0.3, 0.4) is 0 Å². The summed E-state index contributed by atoms with van der Waals surface area (Å²) in [5, 5.41) is 5.96. The first-order chi connectivity index (χ1) is 12.1. The van der Waals surface area contributed by atoms with Gasteiger partial charge in [-0.25, -0.2) is 0 Å². The first-order valence-corrected chi connectivity index (χ1v) is 9.07. The van der Waals surface area contributed by atoms with Crippen LogP contribution in [-0.2, 0) is 6.42 Å². The summed E-state index contributed by atoms with van der Waals surface area (Å²) in [5.74, 6) is 0.291. The lowest BCUT2D eigenvalue weighted by molar-refractivity contribution is 0.0953. The number of hydrogen-bond donors (Lipinski definition) is 3. The molecule has 0 atom stereocenters. The topological polar surface area (TPSA) is 79.5 Å². The summed E-state index contributed by atoms with van der Waals surface area (Å²) in [6.45, 7) is 3.21. The lowest BCUT2D eigenvalue weighted by Crippen LogP contribution is -2.26. The molecule has 0 aliphatic rings. The third kappa shape index (κ3) is 7.74. The van der Waals surface area contributed by atoms with Crippen LogP contribution in [0.25, 0.3) is 0 Å². The molecule has 2 rings (SSSR count). The number of guanidine groups is 1. The normalized spacial score (nSPS) is 10.8. The van der Waals surface area contributed by atoms with Crippen molar-refractivity contribution < 1.29 is 4.79 Å². The third-order valence-electron chi connectivity index (χ3n) is 3.60. The Bertz CT molecular complexity index is 752. The van der Waals surface area contributed by atoms with E-state index in [1.807, 2.05) is 24.3 Å². The van der Waals surface area contributed by atoms with Crippen molar-refractivity contribution in [1.82, 2.24) is 5.32 Å². The number of hydrogen-bond acceptors (Lipinski definition) is 2. The van der Waals surface area contributed by atoms with E-state index in [1.54, 1.807) is 12.1 Å². The van der Waals surface area contributed by atoms with Crippen molar-refractivity contribution in [3.8, 4) is 0 Å². The number of nitrogens with two attached hydrogens (primary N) is 1. The van der Waals surface area contributed by atoms with Crippen LogP contribution >= 0.6 is 39.9 Å². The van der Waals surface area contributed by atoms with Crippen LogP contribution in [-0.4, -0.2) is 25.0 Å². The van der Waals surface area contributed by atoms with E-state index >= 15 is 0 Å². The van der Waals surface area contributed by atoms with Crippen molar-refractivity contribution in [2.24, 2.45) is 10.7 Å². The lowest BCUT2D eigenvalue weighted by Gasteiger charge is -2.07. The van der Waals surface area contributed by atoms with Gasteiger partial charge in [0.25, 0.3) is 5.91 Å². The van der Waals surface area contributed by atoms with Crippen LogP contribution in [0, 0.1) is 0 Å². The first-order valence-electron chi connectivity index (χ1n) is 8.28. The molecule has 0 spiro atoms. The molecule has 1 amide bonds. The van der Waals surface area contributed by atoms with E-state index in [9.17, 15) is 4.79 Å². The number of aliphatic imine (C=N–C) groups is 1. The molecule has 4 N–H and O–H groups in total. The average Bonchev–Trinajstić information content (AvgIpc) is 2.61. The van der Waals surface area contributed by atoms with Crippen molar-refractivity contribution in [3.05, 3.63) is 64.1 Å². The fourth-order valence-corrected chi connectivity index (χ4v) is 2.67. The Balaban J connectivity index is 0.00000338. The van der Waals surface area contributed by atoms with Crippen LogP contribution < -0.4 is 16.4 Å². The van der Waals surface area contributed by atoms with Crippen LogP contribution in [0.2, 0.25) is 0 Å². The molecule has 26 heavy (non-hydrogen) atoms. The highest BCUT2D eigenvalue weighted by atomic mass is 127. The zero-order chi connectivity index (χ0) is 18.1. The summed E-state index contributed by atoms with van der Waals surface area (Å²) in [5.41, 5.74) is 8.70. The molecule has 5 nitrogen and oxygen atoms in total. The number of anilines is 1. The molecular formula is C19H24BrIN4O. The molecule has 0 aliphatic heterocycles. The van der Waals surface area contributed by atoms with Crippen LogP contribution in [0.1, 0.15) is 29.3 Å². The minimum absolute atomic E-state index is 0.